The fourth-order valence-corrected chi connectivity index (χ4v) is 3.47. The molecular formula is C22H31N3O3Si. The molecule has 0 aromatic heterocycles. The van der Waals surface area contributed by atoms with Gasteiger partial charge in [0.1, 0.15) is 0 Å². The van der Waals surface area contributed by atoms with Crippen LogP contribution in [0, 0.1) is 6.92 Å². The number of amides is 2. The topological polar surface area (TPSA) is 84.7 Å². The van der Waals surface area contributed by atoms with Crippen molar-refractivity contribution in [3.05, 3.63) is 59.2 Å². The summed E-state index contributed by atoms with van der Waals surface area (Å²) in [7, 11) is 0.387. The van der Waals surface area contributed by atoms with Gasteiger partial charge in [0, 0.05) is 27.4 Å². The molecule has 0 saturated heterocycles. The van der Waals surface area contributed by atoms with Crippen molar-refractivity contribution >= 4 is 31.4 Å². The molecule has 0 fully saturated rings. The number of anilines is 2. The summed E-state index contributed by atoms with van der Waals surface area (Å²) in [5, 5.41) is 2.83. The van der Waals surface area contributed by atoms with E-state index in [0.29, 0.717) is 35.7 Å². The van der Waals surface area contributed by atoms with Crippen molar-refractivity contribution in [1.82, 2.24) is 4.90 Å². The van der Waals surface area contributed by atoms with E-state index in [9.17, 15) is 9.59 Å². The lowest BCUT2D eigenvalue weighted by atomic mass is 10.0. The Morgan fingerprint density at radius 1 is 1.10 bits per heavy atom. The van der Waals surface area contributed by atoms with Crippen molar-refractivity contribution in [1.29, 1.82) is 0 Å². The number of nitrogens with one attached hydrogen (secondary N) is 1. The molecule has 0 aliphatic carbocycles. The van der Waals surface area contributed by atoms with Gasteiger partial charge in [-0.25, -0.2) is 9.59 Å². The lowest BCUT2D eigenvalue weighted by molar-refractivity contribution is 0.0525. The first-order valence-corrected chi connectivity index (χ1v) is 13.4. The molecule has 0 bridgehead atoms. The Labute approximate surface area is 174 Å². The summed E-state index contributed by atoms with van der Waals surface area (Å²) in [6, 6.07) is 13.6. The summed E-state index contributed by atoms with van der Waals surface area (Å²) in [4.78, 5) is 27.0. The molecule has 0 spiro atoms. The summed E-state index contributed by atoms with van der Waals surface area (Å²) in [5.74, 6) is -0.464. The molecule has 156 valence electrons. The largest absolute Gasteiger partial charge is 0.462 e. The average molecular weight is 414 g/mol. The van der Waals surface area contributed by atoms with E-state index in [0.717, 1.165) is 11.6 Å². The van der Waals surface area contributed by atoms with Crippen molar-refractivity contribution in [3.8, 4) is 0 Å². The fraction of sp³-hybridized carbons (Fsp3) is 0.364. The zero-order valence-corrected chi connectivity index (χ0v) is 18.9. The number of ether oxygens (including phenoxy) is 1. The van der Waals surface area contributed by atoms with Gasteiger partial charge >= 0.3 is 12.0 Å². The van der Waals surface area contributed by atoms with Crippen LogP contribution in [0.2, 0.25) is 25.7 Å². The van der Waals surface area contributed by atoms with Crippen LogP contribution in [0.4, 0.5) is 16.2 Å². The van der Waals surface area contributed by atoms with Gasteiger partial charge in [0.05, 0.1) is 17.9 Å². The molecule has 6 nitrogen and oxygen atoms in total. The van der Waals surface area contributed by atoms with E-state index in [2.05, 4.69) is 25.0 Å². The molecule has 3 N–H and O–H groups in total. The molecular weight excluding hydrogens is 382 g/mol. The third-order valence-corrected chi connectivity index (χ3v) is 6.35. The molecule has 0 aliphatic heterocycles. The standard InChI is InChI=1S/C22H31N3O3Si/c1-16-18(23)11-12-19(20(16)21(26)28-13-14-29(3,4)5)24-22(27)25(2)15-17-9-7-6-8-10-17/h6-12H,13-15,23H2,1-5H3,(H,24,27). The highest BCUT2D eigenvalue weighted by atomic mass is 28.3. The monoisotopic (exact) mass is 413 g/mol. The molecule has 2 aromatic rings. The number of urea groups is 1. The number of nitrogen functional groups attached to an aromatic ring is 1. The fourth-order valence-electron chi connectivity index (χ4n) is 2.76. The van der Waals surface area contributed by atoms with Gasteiger partial charge in [0.15, 0.2) is 0 Å². The van der Waals surface area contributed by atoms with E-state index in [1.807, 2.05) is 30.3 Å². The van der Waals surface area contributed by atoms with Gasteiger partial charge in [-0.2, -0.15) is 0 Å². The normalized spacial score (nSPS) is 11.1. The predicted molar refractivity (Wildman–Crippen MR) is 121 cm³/mol. The summed E-state index contributed by atoms with van der Waals surface area (Å²) in [5.41, 5.74) is 8.81. The Morgan fingerprint density at radius 2 is 1.76 bits per heavy atom. The van der Waals surface area contributed by atoms with Crippen LogP contribution < -0.4 is 11.1 Å². The van der Waals surface area contributed by atoms with Crippen LogP contribution in [0.5, 0.6) is 0 Å². The van der Waals surface area contributed by atoms with Crippen molar-refractivity contribution in [2.45, 2.75) is 39.2 Å². The number of nitrogens with zero attached hydrogens (tertiary/aromatic N) is 1. The molecule has 2 amide bonds. The van der Waals surface area contributed by atoms with Crippen molar-refractivity contribution in [2.24, 2.45) is 0 Å². The summed E-state index contributed by atoms with van der Waals surface area (Å²) < 4.78 is 5.49. The van der Waals surface area contributed by atoms with Gasteiger partial charge in [-0.3, -0.25) is 0 Å². The molecule has 2 rings (SSSR count). The lowest BCUT2D eigenvalue weighted by Crippen LogP contribution is -2.31. The minimum Gasteiger partial charge on any atom is -0.462 e. The number of benzene rings is 2. The maximum absolute atomic E-state index is 12.7. The zero-order chi connectivity index (χ0) is 21.6. The highest BCUT2D eigenvalue weighted by molar-refractivity contribution is 6.76. The first-order chi connectivity index (χ1) is 13.6. The Kier molecular flexibility index (Phi) is 7.45. The molecule has 0 saturated carbocycles. The van der Waals surface area contributed by atoms with Gasteiger partial charge in [0.25, 0.3) is 0 Å². The highest BCUT2D eigenvalue weighted by Crippen LogP contribution is 2.26. The Morgan fingerprint density at radius 3 is 2.38 bits per heavy atom. The van der Waals surface area contributed by atoms with Crippen LogP contribution in [0.25, 0.3) is 0 Å². The van der Waals surface area contributed by atoms with Crippen LogP contribution >= 0.6 is 0 Å². The van der Waals surface area contributed by atoms with Gasteiger partial charge < -0.3 is 20.7 Å². The number of hydrogen-bond donors (Lipinski definition) is 2. The average Bonchev–Trinajstić information content (AvgIpc) is 2.64. The first-order valence-electron chi connectivity index (χ1n) is 9.71. The molecule has 0 aliphatic rings. The first kappa shape index (κ1) is 22.5. The van der Waals surface area contributed by atoms with Crippen molar-refractivity contribution in [3.63, 3.8) is 0 Å². The van der Waals surface area contributed by atoms with Crippen LogP contribution in [0.1, 0.15) is 21.5 Å². The molecule has 0 unspecified atom stereocenters. The molecule has 2 aromatic carbocycles. The van der Waals surface area contributed by atoms with E-state index in [4.69, 9.17) is 10.5 Å². The van der Waals surface area contributed by atoms with Crippen LogP contribution in [0.15, 0.2) is 42.5 Å². The van der Waals surface area contributed by atoms with E-state index < -0.39 is 14.0 Å². The van der Waals surface area contributed by atoms with Gasteiger partial charge in [-0.05, 0) is 36.2 Å². The van der Waals surface area contributed by atoms with Crippen molar-refractivity contribution in [2.75, 3.05) is 24.7 Å². The third-order valence-electron chi connectivity index (χ3n) is 4.65. The molecule has 7 heteroatoms. The van der Waals surface area contributed by atoms with Crippen molar-refractivity contribution < 1.29 is 14.3 Å². The molecule has 0 atom stereocenters. The lowest BCUT2D eigenvalue weighted by Gasteiger charge is -2.21. The number of nitrogens with two attached hydrogens (primary N) is 1. The van der Waals surface area contributed by atoms with Crippen LogP contribution in [-0.2, 0) is 11.3 Å². The van der Waals surface area contributed by atoms with E-state index in [-0.39, 0.29) is 6.03 Å². The maximum atomic E-state index is 12.7. The Balaban J connectivity index is 2.14. The molecule has 0 radical (unpaired) electrons. The van der Waals surface area contributed by atoms with Gasteiger partial charge in [0.2, 0.25) is 0 Å². The van der Waals surface area contributed by atoms with E-state index in [1.54, 1.807) is 31.0 Å². The number of carbonyl (C=O) groups is 2. The van der Waals surface area contributed by atoms with Gasteiger partial charge in [-0.1, -0.05) is 50.0 Å². The second-order valence-corrected chi connectivity index (χ2v) is 14.0. The smallest absolute Gasteiger partial charge is 0.340 e. The summed E-state index contributed by atoms with van der Waals surface area (Å²) in [6.45, 7) is 9.25. The van der Waals surface area contributed by atoms with E-state index in [1.165, 1.54) is 0 Å². The van der Waals surface area contributed by atoms with Crippen LogP contribution in [0.3, 0.4) is 0 Å². The second kappa shape index (κ2) is 9.60. The Hall–Kier alpha value is -2.80. The number of rotatable bonds is 7. The van der Waals surface area contributed by atoms with E-state index >= 15 is 0 Å². The zero-order valence-electron chi connectivity index (χ0n) is 17.9. The minimum atomic E-state index is -1.32. The highest BCUT2D eigenvalue weighted by Gasteiger charge is 2.22. The molecule has 0 heterocycles. The molecule has 29 heavy (non-hydrogen) atoms. The number of carbonyl (C=O) groups excluding carboxylic acids is 2. The minimum absolute atomic E-state index is 0.307. The predicted octanol–water partition coefficient (Wildman–Crippen LogP) is 4.74. The van der Waals surface area contributed by atoms with Crippen LogP contribution in [-0.4, -0.2) is 38.6 Å². The summed E-state index contributed by atoms with van der Waals surface area (Å²) >= 11 is 0. The number of hydrogen-bond acceptors (Lipinski definition) is 4. The SMILES string of the molecule is Cc1c(N)ccc(NC(=O)N(C)Cc2ccccc2)c1C(=O)OCC[Si](C)(C)C. The quantitative estimate of drug-likeness (QED) is 0.390. The second-order valence-electron chi connectivity index (χ2n) is 8.42. The summed E-state index contributed by atoms with van der Waals surface area (Å²) in [6.07, 6.45) is 0. The Bertz CT molecular complexity index is 864. The number of esters is 1. The maximum Gasteiger partial charge on any atom is 0.340 e. The third kappa shape index (κ3) is 6.64. The van der Waals surface area contributed by atoms with Gasteiger partial charge in [-0.15, -0.1) is 0 Å².